The van der Waals surface area contributed by atoms with Crippen molar-refractivity contribution >= 4 is 17.3 Å². The number of nitrogens with one attached hydrogen (secondary N) is 2. The van der Waals surface area contributed by atoms with Crippen LogP contribution in [0.25, 0.3) is 0 Å². The molecule has 1 atom stereocenters. The van der Waals surface area contributed by atoms with Gasteiger partial charge >= 0.3 is 0 Å². The number of likely N-dealkylation sites (tertiary alicyclic amines) is 1. The number of nitro groups is 1. The maximum Gasteiger partial charge on any atom is 0.292 e. The highest BCUT2D eigenvalue weighted by Gasteiger charge is 2.22. The second-order valence-corrected chi connectivity index (χ2v) is 5.42. The van der Waals surface area contributed by atoms with Gasteiger partial charge in [-0.15, -0.1) is 0 Å². The van der Waals surface area contributed by atoms with E-state index in [1.165, 1.54) is 6.07 Å². The number of hydrogen-bond donors (Lipinski definition) is 2. The lowest BCUT2D eigenvalue weighted by atomic mass is 10.1. The first kappa shape index (κ1) is 16.2. The van der Waals surface area contributed by atoms with Crippen molar-refractivity contribution in [3.8, 4) is 0 Å². The third-order valence-electron chi connectivity index (χ3n) is 3.94. The highest BCUT2D eigenvalue weighted by atomic mass is 16.6. The van der Waals surface area contributed by atoms with Crippen LogP contribution < -0.4 is 10.6 Å². The number of nitrogens with zero attached hydrogens (tertiary/aromatic N) is 2. The lowest BCUT2D eigenvalue weighted by molar-refractivity contribution is -0.384. The molecule has 120 valence electrons. The van der Waals surface area contributed by atoms with Gasteiger partial charge in [-0.2, -0.15) is 0 Å². The molecule has 1 aromatic carbocycles. The SMILES string of the molecule is CNC1CCCN(C(=O)CCNc2ccccc2[N+](=O)[O-])C1. The number of carbonyl (C=O) groups excluding carboxylic acids is 1. The smallest absolute Gasteiger partial charge is 0.292 e. The summed E-state index contributed by atoms with van der Waals surface area (Å²) in [6.45, 7) is 1.92. The topological polar surface area (TPSA) is 87.5 Å². The Kier molecular flexibility index (Phi) is 5.71. The Bertz CT molecular complexity index is 535. The van der Waals surface area contributed by atoms with Crippen molar-refractivity contribution in [1.29, 1.82) is 0 Å². The quantitative estimate of drug-likeness (QED) is 0.616. The van der Waals surface area contributed by atoms with E-state index in [0.29, 0.717) is 24.7 Å². The lowest BCUT2D eigenvalue weighted by Crippen LogP contribution is -2.47. The summed E-state index contributed by atoms with van der Waals surface area (Å²) >= 11 is 0. The number of para-hydroxylation sites is 2. The van der Waals surface area contributed by atoms with E-state index in [-0.39, 0.29) is 11.6 Å². The number of likely N-dealkylation sites (N-methyl/N-ethyl adjacent to an activating group) is 1. The number of nitro benzene ring substituents is 1. The third kappa shape index (κ3) is 4.17. The summed E-state index contributed by atoms with van der Waals surface area (Å²) < 4.78 is 0. The molecule has 1 heterocycles. The molecule has 7 heteroatoms. The van der Waals surface area contributed by atoms with Gasteiger partial charge < -0.3 is 15.5 Å². The average Bonchev–Trinajstić information content (AvgIpc) is 2.55. The summed E-state index contributed by atoms with van der Waals surface area (Å²) in [5, 5.41) is 17.1. The van der Waals surface area contributed by atoms with Crippen molar-refractivity contribution in [1.82, 2.24) is 10.2 Å². The zero-order valence-corrected chi connectivity index (χ0v) is 12.7. The van der Waals surface area contributed by atoms with Crippen LogP contribution in [0.5, 0.6) is 0 Å². The number of carbonyl (C=O) groups is 1. The van der Waals surface area contributed by atoms with Crippen LogP contribution in [0.4, 0.5) is 11.4 Å². The fourth-order valence-electron chi connectivity index (χ4n) is 2.68. The number of benzene rings is 1. The van der Waals surface area contributed by atoms with Crippen LogP contribution in [0.2, 0.25) is 0 Å². The predicted octanol–water partition coefficient (Wildman–Crippen LogP) is 1.61. The number of piperidine rings is 1. The van der Waals surface area contributed by atoms with E-state index in [0.717, 1.165) is 25.9 Å². The Hall–Kier alpha value is -2.15. The van der Waals surface area contributed by atoms with Crippen LogP contribution in [-0.4, -0.2) is 48.5 Å². The summed E-state index contributed by atoms with van der Waals surface area (Å²) in [7, 11) is 1.91. The molecule has 0 bridgehead atoms. The first-order chi connectivity index (χ1) is 10.6. The second kappa shape index (κ2) is 7.74. The molecule has 1 amide bonds. The van der Waals surface area contributed by atoms with E-state index in [1.54, 1.807) is 18.2 Å². The maximum atomic E-state index is 12.2. The molecule has 1 unspecified atom stereocenters. The van der Waals surface area contributed by atoms with Crippen molar-refractivity contribution in [3.63, 3.8) is 0 Å². The fraction of sp³-hybridized carbons (Fsp3) is 0.533. The highest BCUT2D eigenvalue weighted by molar-refractivity contribution is 5.77. The molecular formula is C15H22N4O3. The number of hydrogen-bond acceptors (Lipinski definition) is 5. The Morgan fingerprint density at radius 3 is 2.95 bits per heavy atom. The molecule has 0 aliphatic carbocycles. The van der Waals surface area contributed by atoms with Crippen molar-refractivity contribution in [3.05, 3.63) is 34.4 Å². The van der Waals surface area contributed by atoms with E-state index < -0.39 is 4.92 Å². The molecule has 0 saturated carbocycles. The van der Waals surface area contributed by atoms with E-state index >= 15 is 0 Å². The van der Waals surface area contributed by atoms with Gasteiger partial charge in [0.25, 0.3) is 5.69 Å². The molecule has 0 aromatic heterocycles. The van der Waals surface area contributed by atoms with Gasteiger partial charge in [0, 0.05) is 38.2 Å². The summed E-state index contributed by atoms with van der Waals surface area (Å²) in [5.74, 6) is 0.0889. The number of rotatable bonds is 6. The van der Waals surface area contributed by atoms with E-state index in [9.17, 15) is 14.9 Å². The number of anilines is 1. The van der Waals surface area contributed by atoms with Gasteiger partial charge in [-0.25, -0.2) is 0 Å². The Morgan fingerprint density at radius 2 is 2.23 bits per heavy atom. The average molecular weight is 306 g/mol. The largest absolute Gasteiger partial charge is 0.379 e. The molecule has 1 aliphatic heterocycles. The van der Waals surface area contributed by atoms with Crippen molar-refractivity contribution < 1.29 is 9.72 Å². The van der Waals surface area contributed by atoms with Crippen molar-refractivity contribution in [2.24, 2.45) is 0 Å². The van der Waals surface area contributed by atoms with Crippen molar-refractivity contribution in [2.75, 3.05) is 32.0 Å². The molecule has 7 nitrogen and oxygen atoms in total. The summed E-state index contributed by atoms with van der Waals surface area (Å²) in [4.78, 5) is 24.6. The molecule has 1 aromatic rings. The molecule has 1 aliphatic rings. The van der Waals surface area contributed by atoms with Crippen LogP contribution >= 0.6 is 0 Å². The Labute approximate surface area is 129 Å². The Balaban J connectivity index is 1.83. The molecule has 0 radical (unpaired) electrons. The van der Waals surface area contributed by atoms with E-state index in [4.69, 9.17) is 0 Å². The minimum atomic E-state index is -0.424. The van der Waals surface area contributed by atoms with Crippen LogP contribution in [0.3, 0.4) is 0 Å². The molecule has 2 rings (SSSR count). The molecular weight excluding hydrogens is 284 g/mol. The van der Waals surface area contributed by atoms with E-state index in [2.05, 4.69) is 10.6 Å². The minimum Gasteiger partial charge on any atom is -0.379 e. The van der Waals surface area contributed by atoms with Crippen LogP contribution in [0.1, 0.15) is 19.3 Å². The normalized spacial score (nSPS) is 18.0. The molecule has 22 heavy (non-hydrogen) atoms. The van der Waals surface area contributed by atoms with E-state index in [1.807, 2.05) is 11.9 Å². The Morgan fingerprint density at radius 1 is 1.45 bits per heavy atom. The van der Waals surface area contributed by atoms with Gasteiger partial charge in [-0.3, -0.25) is 14.9 Å². The predicted molar refractivity (Wildman–Crippen MR) is 84.9 cm³/mol. The molecule has 1 fully saturated rings. The lowest BCUT2D eigenvalue weighted by Gasteiger charge is -2.32. The van der Waals surface area contributed by atoms with Gasteiger partial charge in [-0.1, -0.05) is 12.1 Å². The fourth-order valence-corrected chi connectivity index (χ4v) is 2.68. The summed E-state index contributed by atoms with van der Waals surface area (Å²) in [5.41, 5.74) is 0.482. The van der Waals surface area contributed by atoms with Crippen LogP contribution in [-0.2, 0) is 4.79 Å². The molecule has 2 N–H and O–H groups in total. The number of amides is 1. The van der Waals surface area contributed by atoms with Gasteiger partial charge in [0.2, 0.25) is 5.91 Å². The van der Waals surface area contributed by atoms with Crippen LogP contribution in [0.15, 0.2) is 24.3 Å². The molecule has 0 spiro atoms. The summed E-state index contributed by atoms with van der Waals surface area (Å²) in [6, 6.07) is 6.83. The third-order valence-corrected chi connectivity index (χ3v) is 3.94. The van der Waals surface area contributed by atoms with Gasteiger partial charge in [0.15, 0.2) is 0 Å². The van der Waals surface area contributed by atoms with Gasteiger partial charge in [-0.05, 0) is 26.0 Å². The first-order valence-electron chi connectivity index (χ1n) is 7.54. The standard InChI is InChI=1S/C15H22N4O3/c1-16-12-5-4-10-18(11-12)15(20)8-9-17-13-6-2-3-7-14(13)19(21)22/h2-3,6-7,12,16-17H,4-5,8-11H2,1H3. The second-order valence-electron chi connectivity index (χ2n) is 5.42. The van der Waals surface area contributed by atoms with Crippen molar-refractivity contribution in [2.45, 2.75) is 25.3 Å². The summed E-state index contributed by atoms with van der Waals surface area (Å²) in [6.07, 6.45) is 2.44. The van der Waals surface area contributed by atoms with Gasteiger partial charge in [0.1, 0.15) is 5.69 Å². The first-order valence-corrected chi connectivity index (χ1v) is 7.54. The highest BCUT2D eigenvalue weighted by Crippen LogP contribution is 2.23. The maximum absolute atomic E-state index is 12.2. The van der Waals surface area contributed by atoms with Crippen LogP contribution in [0, 0.1) is 10.1 Å². The monoisotopic (exact) mass is 306 g/mol. The zero-order valence-electron chi connectivity index (χ0n) is 12.7. The minimum absolute atomic E-state index is 0.0307. The zero-order chi connectivity index (χ0) is 15.9. The molecule has 1 saturated heterocycles. The van der Waals surface area contributed by atoms with Gasteiger partial charge in [0.05, 0.1) is 4.92 Å².